The third-order valence-corrected chi connectivity index (χ3v) is 17.4. The van der Waals surface area contributed by atoms with E-state index in [1.54, 1.807) is 33.5 Å². The summed E-state index contributed by atoms with van der Waals surface area (Å²) in [6.07, 6.45) is 0. The fraction of sp³-hybridized carbons (Fsp3) is 0.0602. The molecule has 15 aromatic rings. The predicted octanol–water partition coefficient (Wildman–Crippen LogP) is 17.7. The average Bonchev–Trinajstić information content (AvgIpc) is 1.64. The van der Waals surface area contributed by atoms with Crippen molar-refractivity contribution in [1.29, 1.82) is 0 Å². The Morgan fingerprint density at radius 1 is 0.297 bits per heavy atom. The number of nitrogens with zero attached hydrogens (tertiary/aromatic N) is 15. The van der Waals surface area contributed by atoms with Crippen LogP contribution in [0.3, 0.4) is 0 Å². The van der Waals surface area contributed by atoms with Gasteiger partial charge in [0.15, 0.2) is 0 Å². The van der Waals surface area contributed by atoms with Gasteiger partial charge in [0.05, 0.1) is 44.1 Å². The molecule has 0 amide bonds. The van der Waals surface area contributed by atoms with Gasteiger partial charge in [0.25, 0.3) is 0 Å². The molecule has 0 N–H and O–H groups in total. The lowest BCUT2D eigenvalue weighted by molar-refractivity contribution is 0.414. The molecule has 18 nitrogen and oxygen atoms in total. The third-order valence-electron chi connectivity index (χ3n) is 17.4. The summed E-state index contributed by atoms with van der Waals surface area (Å²) in [4.78, 5) is 2.66. The second kappa shape index (κ2) is 27.9. The Morgan fingerprint density at radius 3 is 0.792 bits per heavy atom. The Balaban J connectivity index is 0.000000122. The predicted molar refractivity (Wildman–Crippen MR) is 392 cm³/mol. The van der Waals surface area contributed by atoms with Gasteiger partial charge in [-0.1, -0.05) is 219 Å². The van der Waals surface area contributed by atoms with E-state index in [0.29, 0.717) is 5.69 Å². The Hall–Kier alpha value is -14.2. The highest BCUT2D eigenvalue weighted by molar-refractivity contribution is 6.01. The van der Waals surface area contributed by atoms with Gasteiger partial charge in [-0.15, -0.1) is 20.4 Å². The lowest BCUT2D eigenvalue weighted by atomic mass is 9.89. The molecule has 0 aliphatic heterocycles. The SMILES string of the molecule is C1#Cc2ccccc2C#Cc2ccccc21.COc1ccc(-n2nnc3c2-c2ccccc2-c2c(nnn2-c2ccc(OC)cc2)-c2ccccc2-3)cc1.COc1ccc(-n2nnc3c2-c2ccccc2-c2nnn(-c4ccc(C)cc4)c2-c2ccccc2-3)cc1.Cc1ccc(N=[N+]=[N-])cc1. The zero-order valence-electron chi connectivity index (χ0n) is 55.3. The number of azide groups is 1. The molecule has 0 unspecified atom stereocenters. The molecule has 3 aliphatic rings. The van der Waals surface area contributed by atoms with Crippen LogP contribution in [0.2, 0.25) is 0 Å². The minimum absolute atomic E-state index is 0.660. The summed E-state index contributed by atoms with van der Waals surface area (Å²) in [6, 6.07) is 88.0. The maximum atomic E-state index is 8.05. The summed E-state index contributed by atoms with van der Waals surface area (Å²) in [5.74, 6) is 15.0. The number of methoxy groups -OCH3 is 3. The van der Waals surface area contributed by atoms with Gasteiger partial charge in [-0.25, -0.2) is 18.7 Å². The highest BCUT2D eigenvalue weighted by Crippen LogP contribution is 2.49. The molecule has 18 rings (SSSR count). The van der Waals surface area contributed by atoms with Crippen molar-refractivity contribution in [2.75, 3.05) is 21.3 Å². The van der Waals surface area contributed by atoms with Crippen molar-refractivity contribution in [1.82, 2.24) is 60.0 Å². The molecule has 0 saturated carbocycles. The fourth-order valence-electron chi connectivity index (χ4n) is 12.3. The molecule has 0 spiro atoms. The van der Waals surface area contributed by atoms with Crippen molar-refractivity contribution in [3.05, 3.63) is 311 Å². The van der Waals surface area contributed by atoms with Crippen LogP contribution in [0, 0.1) is 37.5 Å². The fourth-order valence-corrected chi connectivity index (χ4v) is 12.3. The normalized spacial score (nSPS) is 11.0. The molecule has 484 valence electrons. The van der Waals surface area contributed by atoms with E-state index in [2.05, 4.69) is 144 Å². The van der Waals surface area contributed by atoms with Crippen molar-refractivity contribution in [2.24, 2.45) is 5.11 Å². The molecule has 101 heavy (non-hydrogen) atoms. The van der Waals surface area contributed by atoms with Gasteiger partial charge < -0.3 is 14.2 Å². The Bertz CT molecular complexity index is 5510. The first-order valence-corrected chi connectivity index (χ1v) is 32.3. The molecule has 11 aromatic carbocycles. The number of aromatic nitrogens is 12. The first-order chi connectivity index (χ1) is 49.7. The minimum atomic E-state index is 0.660. The van der Waals surface area contributed by atoms with Gasteiger partial charge in [-0.3, -0.25) is 0 Å². The maximum Gasteiger partial charge on any atom is 0.122 e. The van der Waals surface area contributed by atoms with E-state index >= 15 is 0 Å². The van der Waals surface area contributed by atoms with Crippen LogP contribution in [-0.2, 0) is 0 Å². The first-order valence-electron chi connectivity index (χ1n) is 32.3. The van der Waals surface area contributed by atoms with Crippen molar-refractivity contribution >= 4 is 5.69 Å². The second-order valence-electron chi connectivity index (χ2n) is 23.5. The number of benzene rings is 11. The number of rotatable bonds is 8. The summed E-state index contributed by atoms with van der Waals surface area (Å²) in [5, 5.41) is 40.8. The summed E-state index contributed by atoms with van der Waals surface area (Å²) in [5.41, 5.74) is 33.3. The van der Waals surface area contributed by atoms with Gasteiger partial charge in [0.1, 0.15) is 62.8 Å². The number of hydrogen-bond donors (Lipinski definition) is 0. The minimum Gasteiger partial charge on any atom is -0.497 e. The molecule has 4 aromatic heterocycles. The lowest BCUT2D eigenvalue weighted by Crippen LogP contribution is -2.05. The van der Waals surface area contributed by atoms with Crippen LogP contribution in [0.15, 0.2) is 272 Å². The van der Waals surface area contributed by atoms with E-state index < -0.39 is 0 Å². The Kier molecular flexibility index (Phi) is 17.4. The Labute approximate surface area is 581 Å². The van der Waals surface area contributed by atoms with Gasteiger partial charge in [0.2, 0.25) is 0 Å². The second-order valence-corrected chi connectivity index (χ2v) is 23.5. The van der Waals surface area contributed by atoms with Crippen LogP contribution in [0.4, 0.5) is 5.69 Å². The smallest absolute Gasteiger partial charge is 0.122 e. The van der Waals surface area contributed by atoms with Crippen LogP contribution in [0.1, 0.15) is 33.4 Å². The quantitative estimate of drug-likeness (QED) is 0.0607. The van der Waals surface area contributed by atoms with Gasteiger partial charge >= 0.3 is 0 Å². The zero-order valence-corrected chi connectivity index (χ0v) is 55.3. The van der Waals surface area contributed by atoms with Crippen molar-refractivity contribution < 1.29 is 14.2 Å². The molecule has 3 aliphatic carbocycles. The number of aryl methyl sites for hydroxylation is 2. The van der Waals surface area contributed by atoms with Gasteiger partial charge in [0, 0.05) is 77.4 Å². The monoisotopic (exact) mass is 1310 g/mol. The highest BCUT2D eigenvalue weighted by atomic mass is 16.5. The van der Waals surface area contributed by atoms with E-state index in [1.165, 1.54) is 5.56 Å². The molecule has 18 heteroatoms. The summed E-state index contributed by atoms with van der Waals surface area (Å²) in [6.45, 7) is 4.06. The van der Waals surface area contributed by atoms with Crippen LogP contribution in [0.25, 0.3) is 123 Å². The van der Waals surface area contributed by atoms with E-state index in [0.717, 1.165) is 158 Å². The number of fused-ring (bicyclic) bond motifs is 18. The van der Waals surface area contributed by atoms with Gasteiger partial charge in [-0.05, 0) is 129 Å². The van der Waals surface area contributed by atoms with E-state index in [9.17, 15) is 0 Å². The first kappa shape index (κ1) is 62.9. The van der Waals surface area contributed by atoms with E-state index in [1.807, 2.05) is 208 Å². The van der Waals surface area contributed by atoms with Crippen molar-refractivity contribution in [2.45, 2.75) is 13.8 Å². The number of ether oxygens (including phenoxy) is 3. The highest BCUT2D eigenvalue weighted by Gasteiger charge is 2.33. The van der Waals surface area contributed by atoms with Crippen LogP contribution in [-0.4, -0.2) is 81.3 Å². The molecule has 0 saturated heterocycles. The van der Waals surface area contributed by atoms with Crippen LogP contribution < -0.4 is 14.2 Å². The number of hydrogen-bond acceptors (Lipinski definition) is 12. The van der Waals surface area contributed by atoms with Gasteiger partial charge in [-0.2, -0.15) is 0 Å². The standard InChI is InChI=1S/C30H22N6O2.C30H22N6O.C16H8.C7H7N3/c1-37-21-15-11-19(12-16-21)35-29-25-9-5-6-10-26(25)30-28(24-8-4-3-7-23(24)27(29)31-33-35)32-34-36(30)20-13-17-22(38-2)18-14-20;1-19-11-13-20(14-12-19)35-29-25-9-5-3-7-23(25)28-30(26-10-6-4-8-24(26)27(29)31-33-35)36(34-32-28)21-15-17-22(37-2)18-16-21;1-2-6-14-11-12-16-8-4-3-7-15(16)10-9-13(14)5-1;1-6-2-4-7(5-3-6)9-10-8/h3-18H,1-2H3;3-18H,1-2H3;1-8H;2-5H,1H3. The van der Waals surface area contributed by atoms with E-state index in [4.69, 9.17) is 29.9 Å². The summed E-state index contributed by atoms with van der Waals surface area (Å²) in [7, 11) is 4.98. The molecule has 0 bridgehead atoms. The molecular weight excluding hydrogens is 1260 g/mol. The summed E-state index contributed by atoms with van der Waals surface area (Å²) < 4.78 is 23.7. The van der Waals surface area contributed by atoms with Crippen LogP contribution in [0.5, 0.6) is 17.2 Å². The van der Waals surface area contributed by atoms with Crippen LogP contribution >= 0.6 is 0 Å². The average molecular weight is 1310 g/mol. The largest absolute Gasteiger partial charge is 0.497 e. The molecule has 0 atom stereocenters. The Morgan fingerprint density at radius 2 is 0.525 bits per heavy atom. The molecular formula is C83H59N15O3. The third kappa shape index (κ3) is 12.4. The maximum absolute atomic E-state index is 8.05. The summed E-state index contributed by atoms with van der Waals surface area (Å²) >= 11 is 0. The lowest BCUT2D eigenvalue weighted by Gasteiger charge is -2.19. The topological polar surface area (TPSA) is 199 Å². The molecule has 4 heterocycles. The van der Waals surface area contributed by atoms with Crippen molar-refractivity contribution in [3.8, 4) is 154 Å². The molecule has 0 radical (unpaired) electrons. The van der Waals surface area contributed by atoms with Crippen molar-refractivity contribution in [3.63, 3.8) is 0 Å². The van der Waals surface area contributed by atoms with E-state index in [-0.39, 0.29) is 0 Å². The zero-order chi connectivity index (χ0) is 68.8. The molecule has 0 fully saturated rings.